The number of aromatic nitrogens is 8. The quantitative estimate of drug-likeness (QED) is 0.0970. The fourth-order valence-electron chi connectivity index (χ4n) is 8.20. The lowest BCUT2D eigenvalue weighted by molar-refractivity contribution is -0.156. The number of anilines is 2. The first kappa shape index (κ1) is 46.3. The molecule has 2 fully saturated rings. The molecule has 5 N–H and O–H groups in total. The van der Waals surface area contributed by atoms with Crippen LogP contribution in [0.5, 0.6) is 23.0 Å². The molecule has 0 spiro atoms. The summed E-state index contributed by atoms with van der Waals surface area (Å²) in [6.45, 7) is 7.28. The van der Waals surface area contributed by atoms with Gasteiger partial charge < -0.3 is 35.9 Å². The number of nitrogens with zero attached hydrogens (tertiary/aromatic N) is 9. The molecule has 2 aliphatic heterocycles. The number of para-hydroxylation sites is 2. The molecule has 6 heterocycles. The molecule has 0 radical (unpaired) electrons. The molecule has 2 aliphatic rings. The fourth-order valence-corrected chi connectivity index (χ4v) is 8.20. The van der Waals surface area contributed by atoms with E-state index in [4.69, 9.17) is 31.1 Å². The Kier molecular flexibility index (Phi) is 14.5. The number of hydrogen-bond donors (Lipinski definition) is 3. The molecule has 0 unspecified atom stereocenters. The van der Waals surface area contributed by atoms with E-state index < -0.39 is 11.9 Å². The van der Waals surface area contributed by atoms with E-state index in [1.54, 1.807) is 6.92 Å². The molecular formula is C50H52N12O6. The van der Waals surface area contributed by atoms with E-state index in [9.17, 15) is 14.4 Å². The smallest absolute Gasteiger partial charge is 0.310 e. The monoisotopic (exact) mass is 916 g/mol. The molecule has 0 saturated carbocycles. The number of likely N-dealkylation sites (tertiary alicyclic amines) is 1. The number of carbonyl (C=O) groups is 3. The number of hydrogen-bond acceptors (Lipinski definition) is 15. The average molecular weight is 917 g/mol. The number of fused-ring (bicyclic) bond motifs is 2. The van der Waals surface area contributed by atoms with Crippen molar-refractivity contribution in [3.63, 3.8) is 0 Å². The van der Waals surface area contributed by atoms with Crippen LogP contribution in [0.15, 0.2) is 122 Å². The summed E-state index contributed by atoms with van der Waals surface area (Å²) < 4.78 is 19.7. The van der Waals surface area contributed by atoms with Crippen molar-refractivity contribution in [3.8, 4) is 45.5 Å². The number of ether oxygens (including phenoxy) is 3. The summed E-state index contributed by atoms with van der Waals surface area (Å²) in [6, 6.07) is 35.3. The third-order valence-electron chi connectivity index (χ3n) is 11.3. The second-order valence-corrected chi connectivity index (χ2v) is 16.2. The van der Waals surface area contributed by atoms with Gasteiger partial charge in [0.05, 0.1) is 22.9 Å². The number of nitrogens with one attached hydrogen (secondary N) is 1. The molecule has 18 heteroatoms. The predicted octanol–water partition coefficient (Wildman–Crippen LogP) is 7.94. The zero-order valence-electron chi connectivity index (χ0n) is 38.0. The van der Waals surface area contributed by atoms with Gasteiger partial charge in [-0.25, -0.2) is 29.3 Å². The molecule has 8 aromatic rings. The number of esters is 2. The molecule has 348 valence electrons. The normalized spacial score (nSPS) is 15.6. The lowest BCUT2D eigenvalue weighted by Crippen LogP contribution is -2.39. The van der Waals surface area contributed by atoms with E-state index in [1.807, 2.05) is 123 Å². The summed E-state index contributed by atoms with van der Waals surface area (Å²) in [5, 5.41) is 14.8. The maximum absolute atomic E-state index is 11.9. The minimum absolute atomic E-state index is 0.0406. The second-order valence-electron chi connectivity index (χ2n) is 16.2. The van der Waals surface area contributed by atoms with E-state index in [-0.39, 0.29) is 18.0 Å². The van der Waals surface area contributed by atoms with Gasteiger partial charge >= 0.3 is 11.9 Å². The van der Waals surface area contributed by atoms with Crippen LogP contribution in [0.1, 0.15) is 58.5 Å². The molecular weight excluding hydrogens is 865 g/mol. The van der Waals surface area contributed by atoms with Crippen LogP contribution in [0.2, 0.25) is 0 Å². The van der Waals surface area contributed by atoms with Crippen molar-refractivity contribution in [2.24, 2.45) is 0 Å². The summed E-state index contributed by atoms with van der Waals surface area (Å²) in [4.78, 5) is 50.8. The molecule has 18 nitrogen and oxygen atoms in total. The Morgan fingerprint density at radius 1 is 0.588 bits per heavy atom. The molecule has 2 atom stereocenters. The Morgan fingerprint density at radius 2 is 1.04 bits per heavy atom. The number of rotatable bonds is 8. The lowest BCUT2D eigenvalue weighted by Gasteiger charge is -2.32. The highest BCUT2D eigenvalue weighted by atomic mass is 16.6. The van der Waals surface area contributed by atoms with Gasteiger partial charge in [-0.1, -0.05) is 36.4 Å². The van der Waals surface area contributed by atoms with E-state index in [0.717, 1.165) is 107 Å². The van der Waals surface area contributed by atoms with Gasteiger partial charge in [0.1, 0.15) is 58.7 Å². The van der Waals surface area contributed by atoms with Crippen LogP contribution in [0.25, 0.3) is 44.6 Å². The third-order valence-corrected chi connectivity index (χ3v) is 11.3. The minimum Gasteiger partial charge on any atom is -0.457 e. The maximum atomic E-state index is 11.9. The number of nitrogens with two attached hydrogens (primary N) is 2. The molecule has 68 heavy (non-hydrogen) atoms. The van der Waals surface area contributed by atoms with E-state index >= 15 is 0 Å². The van der Waals surface area contributed by atoms with Crippen LogP contribution in [-0.2, 0) is 19.1 Å². The van der Waals surface area contributed by atoms with Crippen LogP contribution < -0.4 is 26.3 Å². The molecule has 4 aromatic heterocycles. The summed E-state index contributed by atoms with van der Waals surface area (Å²) in [5.74, 6) is 2.87. The van der Waals surface area contributed by atoms with Crippen LogP contribution in [0, 0.1) is 0 Å². The zero-order chi connectivity index (χ0) is 47.6. The third kappa shape index (κ3) is 11.0. The summed E-state index contributed by atoms with van der Waals surface area (Å²) in [7, 11) is 0. The van der Waals surface area contributed by atoms with Gasteiger partial charge in [0.25, 0.3) is 0 Å². The second kappa shape index (κ2) is 21.4. The van der Waals surface area contributed by atoms with Gasteiger partial charge in [-0.2, -0.15) is 10.2 Å². The average Bonchev–Trinajstić information content (AvgIpc) is 3.95. The Hall–Kier alpha value is -8.25. The first-order chi connectivity index (χ1) is 33.0. The molecule has 4 aromatic carbocycles. The van der Waals surface area contributed by atoms with Crippen LogP contribution in [0.3, 0.4) is 0 Å². The summed E-state index contributed by atoms with van der Waals surface area (Å²) >= 11 is 0. The number of carbonyl (C=O) groups excluding carboxylic acids is 3. The highest BCUT2D eigenvalue weighted by Gasteiger charge is 2.28. The Balaban J connectivity index is 0.000000162. The van der Waals surface area contributed by atoms with Crippen LogP contribution in [-0.4, -0.2) is 88.4 Å². The fraction of sp³-hybridized carbons (Fsp3) is 0.260. The van der Waals surface area contributed by atoms with Crippen LogP contribution >= 0.6 is 0 Å². The highest BCUT2D eigenvalue weighted by molar-refractivity contribution is 5.99. The number of piperidine rings is 2. The van der Waals surface area contributed by atoms with Crippen molar-refractivity contribution >= 4 is 51.5 Å². The van der Waals surface area contributed by atoms with Crippen molar-refractivity contribution in [1.82, 2.24) is 49.7 Å². The topological polar surface area (TPSA) is 233 Å². The van der Waals surface area contributed by atoms with Gasteiger partial charge in [0.2, 0.25) is 5.91 Å². The summed E-state index contributed by atoms with van der Waals surface area (Å²) in [6.07, 6.45) is 7.00. The van der Waals surface area contributed by atoms with Crippen molar-refractivity contribution in [1.29, 1.82) is 0 Å². The van der Waals surface area contributed by atoms with Crippen molar-refractivity contribution in [2.75, 3.05) is 37.6 Å². The summed E-state index contributed by atoms with van der Waals surface area (Å²) in [5.41, 5.74) is 17.3. The zero-order valence-corrected chi connectivity index (χ0v) is 38.0. The highest BCUT2D eigenvalue weighted by Crippen LogP contribution is 2.36. The standard InChI is InChI=1S/C24H24N6O2.C22H22N6O.C4H6O3/c1-16(31)29-13-5-6-18(14-29)30-24-21(23(25)26-15-27-24)22(28-30)17-9-11-20(12-10-17)32-19-7-3-2-4-8-19;23-21-19-20(15-8-10-18(11-9-15)29-17-6-2-1-3-7-17)27-28(22(19)26-14-25-21)16-5-4-12-24-13-16;1-3(5)7-4(2)6/h2-4,7-12,15,18H,5-6,13-14H2,1H3,(H2,25,26,27);1-3,6-11,14,16,24H,4-5,12-13H2,(H2,23,25,26);1-2H3/t18-;16-;/m11./s1. The van der Waals surface area contributed by atoms with Gasteiger partial charge in [0, 0.05) is 51.5 Å². The Bertz CT molecular complexity index is 2980. The van der Waals surface area contributed by atoms with E-state index in [1.165, 1.54) is 26.5 Å². The maximum Gasteiger partial charge on any atom is 0.310 e. The van der Waals surface area contributed by atoms with Crippen molar-refractivity contribution in [3.05, 3.63) is 122 Å². The molecule has 0 aliphatic carbocycles. The number of benzene rings is 4. The van der Waals surface area contributed by atoms with Gasteiger partial charge in [-0.15, -0.1) is 0 Å². The molecule has 0 bridgehead atoms. The largest absolute Gasteiger partial charge is 0.457 e. The first-order valence-electron chi connectivity index (χ1n) is 22.3. The predicted molar refractivity (Wildman–Crippen MR) is 257 cm³/mol. The van der Waals surface area contributed by atoms with Crippen molar-refractivity contribution in [2.45, 2.75) is 58.5 Å². The molecule has 10 rings (SSSR count). The first-order valence-corrected chi connectivity index (χ1v) is 22.3. The molecule has 1 amide bonds. The van der Waals surface area contributed by atoms with E-state index in [2.05, 4.69) is 30.0 Å². The van der Waals surface area contributed by atoms with Gasteiger partial charge in [-0.3, -0.25) is 14.4 Å². The SMILES string of the molecule is CC(=O)N1CCC[C@@H](n2nc(-c3ccc(Oc4ccccc4)cc3)c3c(N)ncnc32)C1.CC(=O)OC(C)=O.Nc1ncnc2c1c(-c1ccc(Oc3ccccc3)cc1)nn2[C@@H]1CCCNC1. The lowest BCUT2D eigenvalue weighted by atomic mass is 10.1. The minimum atomic E-state index is -0.562. The van der Waals surface area contributed by atoms with Crippen LogP contribution in [0.4, 0.5) is 11.6 Å². The Labute approximate surface area is 392 Å². The van der Waals surface area contributed by atoms with E-state index in [0.29, 0.717) is 23.8 Å². The van der Waals surface area contributed by atoms with Gasteiger partial charge in [-0.05, 0) is 105 Å². The number of amides is 1. The Morgan fingerprint density at radius 3 is 1.47 bits per heavy atom. The van der Waals surface area contributed by atoms with Crippen molar-refractivity contribution < 1.29 is 28.6 Å². The van der Waals surface area contributed by atoms with Gasteiger partial charge in [0.15, 0.2) is 11.3 Å². The molecule has 2 saturated heterocycles. The number of nitrogen functional groups attached to an aromatic ring is 2.